The van der Waals surface area contributed by atoms with Crippen LogP contribution in [0.2, 0.25) is 65.5 Å². The molecule has 5 rings (SSSR count). The van der Waals surface area contributed by atoms with Crippen molar-refractivity contribution in [3.8, 4) is 11.5 Å². The lowest BCUT2D eigenvalue weighted by Crippen LogP contribution is -2.63. The summed E-state index contributed by atoms with van der Waals surface area (Å²) in [6, 6.07) is 11.5. The van der Waals surface area contributed by atoms with Crippen LogP contribution in [0.25, 0.3) is 10.2 Å². The Labute approximate surface area is 565 Å². The topological polar surface area (TPSA) is 198 Å². The third-order valence-corrected chi connectivity index (χ3v) is 22.3. The van der Waals surface area contributed by atoms with Crippen LogP contribution in [0.4, 0.5) is 14.9 Å². The van der Waals surface area contributed by atoms with E-state index in [4.69, 9.17) is 54.0 Å². The Morgan fingerprint density at radius 2 is 1.04 bits per heavy atom. The molecule has 3 N–H and O–H groups in total. The van der Waals surface area contributed by atoms with E-state index in [0.29, 0.717) is 35.4 Å². The number of hydrogen-bond donors (Lipinski definition) is 3. The minimum atomic E-state index is -0.842. The number of aromatic nitrogens is 2. The number of nitrogens with zero attached hydrogens (tertiary/aromatic N) is 2. The molecule has 0 spiro atoms. The van der Waals surface area contributed by atoms with Crippen LogP contribution in [-0.4, -0.2) is 164 Å². The molecule has 0 aliphatic heterocycles. The van der Waals surface area contributed by atoms with Crippen molar-refractivity contribution >= 4 is 137 Å². The summed E-state index contributed by atoms with van der Waals surface area (Å²) in [6.45, 7) is 42.9. The van der Waals surface area contributed by atoms with Gasteiger partial charge in [0.05, 0.1) is 15.8 Å². The number of fused-ring (bicyclic) bond motifs is 1. The van der Waals surface area contributed by atoms with Crippen molar-refractivity contribution in [2.24, 2.45) is 50.7 Å². The van der Waals surface area contributed by atoms with E-state index in [2.05, 4.69) is 90.2 Å². The minimum Gasteiger partial charge on any atom is -0.453 e. The van der Waals surface area contributed by atoms with Crippen molar-refractivity contribution < 1.29 is 63.0 Å². The standard InChI is InChI=1S/C60H92FN5O13SSi10/c1-56(2,50(70-81-11)71-82-12)32-40(57(3,4)51(72-83-13)73-84-14)46(59(7,8)53(76-87-17)77-88-18)47(60(9,10)54(78-89-19)79-90-20)41(58(5,6)52(74-85-15)75-86-16)34-64-49(67)35-21-22-37(63-33-35)29-39-31-43-48(80-39)45(27-28-62-43)69-44-26-25-38(30-42(44)61)66-55(68)65-36-23-24-36/h21-22,25-28,30-31,33,36,40-41,46-47,50-54H,23-24,29,32,34H2,1-20H3,(H,64,67)(H2,65,66,68). The van der Waals surface area contributed by atoms with E-state index in [0.717, 1.165) is 28.1 Å². The van der Waals surface area contributed by atoms with Crippen LogP contribution in [0.3, 0.4) is 0 Å². The summed E-state index contributed by atoms with van der Waals surface area (Å²) < 4.78 is 90.0. The van der Waals surface area contributed by atoms with Gasteiger partial charge in [0, 0.05) is 86.9 Å². The molecule has 1 aromatic carbocycles. The van der Waals surface area contributed by atoms with Gasteiger partial charge in [0.25, 0.3) is 5.91 Å². The Bertz CT molecular complexity index is 2800. The number of rotatable bonds is 43. The number of hydrogen-bond acceptors (Lipinski definition) is 16. The number of nitrogens with one attached hydrogen (secondary N) is 3. The number of benzene rings is 1. The van der Waals surface area contributed by atoms with E-state index in [1.165, 1.54) is 23.5 Å². The minimum absolute atomic E-state index is 0.0109. The van der Waals surface area contributed by atoms with Gasteiger partial charge in [0.2, 0.25) is 97.6 Å². The molecular weight excluding hydrogens is 1330 g/mol. The van der Waals surface area contributed by atoms with E-state index in [-0.39, 0.29) is 140 Å². The van der Waals surface area contributed by atoms with Crippen LogP contribution >= 0.6 is 11.3 Å². The zero-order valence-corrected chi connectivity index (χ0v) is 66.8. The van der Waals surface area contributed by atoms with Crippen molar-refractivity contribution in [2.45, 2.75) is 198 Å². The Morgan fingerprint density at radius 3 is 1.50 bits per heavy atom. The summed E-state index contributed by atoms with van der Waals surface area (Å²) in [7, 11) is 1.24. The summed E-state index contributed by atoms with van der Waals surface area (Å²) in [5.74, 6) is -2.04. The quantitative estimate of drug-likeness (QED) is 0.0279. The van der Waals surface area contributed by atoms with Crippen molar-refractivity contribution in [3.63, 3.8) is 0 Å². The fraction of sp³-hybridized carbons (Fsp3) is 0.667. The van der Waals surface area contributed by atoms with Crippen LogP contribution in [0.5, 0.6) is 11.5 Å². The van der Waals surface area contributed by atoms with Crippen molar-refractivity contribution in [1.82, 2.24) is 20.6 Å². The van der Waals surface area contributed by atoms with Gasteiger partial charge in [-0.05, 0) is 139 Å². The van der Waals surface area contributed by atoms with Crippen molar-refractivity contribution in [1.29, 1.82) is 0 Å². The van der Waals surface area contributed by atoms with Gasteiger partial charge in [0.1, 0.15) is 37.2 Å². The predicted octanol–water partition coefficient (Wildman–Crippen LogP) is 11.7. The number of thiophene rings is 1. The Balaban J connectivity index is 1.67. The van der Waals surface area contributed by atoms with E-state index in [1.54, 1.807) is 24.5 Å². The second-order valence-electron chi connectivity index (χ2n) is 24.9. The van der Waals surface area contributed by atoms with Crippen molar-refractivity contribution in [3.05, 3.63) is 76.8 Å². The molecule has 20 radical (unpaired) electrons. The molecule has 1 fully saturated rings. The highest BCUT2D eigenvalue weighted by molar-refractivity contribution is 7.19. The average molecular weight is 1420 g/mol. The second-order valence-corrected chi connectivity index (χ2v) is 32.5. The number of halogens is 1. The Hall–Kier alpha value is -2.28. The Kier molecular flexibility index (Phi) is 32.0. The smallest absolute Gasteiger partial charge is 0.319 e. The fourth-order valence-corrected chi connectivity index (χ4v) is 19.1. The largest absolute Gasteiger partial charge is 0.453 e. The maximum absolute atomic E-state index is 15.4. The summed E-state index contributed by atoms with van der Waals surface area (Å²) in [4.78, 5) is 37.9. The molecule has 0 saturated heterocycles. The van der Waals surface area contributed by atoms with Gasteiger partial charge in [-0.2, -0.15) is 0 Å². The SMILES string of the molecule is C[Si]OC(O[Si]C)C(C)(C)CC(C(C(C(CNC(=O)c1ccc(Cc2cc3nccc(Oc4ccc(NC(=O)NC5CC5)cc4F)c3s2)nc1)C(C)(C)C(O[Si]C)O[Si]C)C(C)(C)C(O[Si]C)O[Si]C)C(C)(C)C(O[Si]C)O[Si]C)C(C)(C)C(O[Si]C)O[Si]C. The molecule has 488 valence electrons. The maximum Gasteiger partial charge on any atom is 0.319 e. The molecule has 4 unspecified atom stereocenters. The van der Waals surface area contributed by atoms with E-state index in [1.807, 2.05) is 83.7 Å². The van der Waals surface area contributed by atoms with Gasteiger partial charge in [-0.15, -0.1) is 11.3 Å². The molecule has 1 saturated carbocycles. The first-order chi connectivity index (χ1) is 42.7. The van der Waals surface area contributed by atoms with Gasteiger partial charge in [-0.3, -0.25) is 14.8 Å². The first kappa shape index (κ1) is 78.4. The lowest BCUT2D eigenvalue weighted by molar-refractivity contribution is -0.234. The number of carbonyl (C=O) groups is 2. The third kappa shape index (κ3) is 20.9. The molecule has 4 aromatic rings. The van der Waals surface area contributed by atoms with Gasteiger partial charge < -0.3 is 64.9 Å². The highest BCUT2D eigenvalue weighted by atomic mass is 32.1. The summed E-state index contributed by atoms with van der Waals surface area (Å²) in [5, 5.41) is 9.02. The zero-order chi connectivity index (χ0) is 66.6. The molecule has 3 amide bonds. The van der Waals surface area contributed by atoms with Gasteiger partial charge in [0.15, 0.2) is 11.6 Å². The van der Waals surface area contributed by atoms with Crippen LogP contribution in [-0.2, 0) is 50.7 Å². The predicted molar refractivity (Wildman–Crippen MR) is 364 cm³/mol. The molecule has 90 heavy (non-hydrogen) atoms. The lowest BCUT2D eigenvalue weighted by atomic mass is 9.47. The first-order valence-electron chi connectivity index (χ1n) is 30.1. The molecule has 4 atom stereocenters. The zero-order valence-electron chi connectivity index (χ0n) is 56.0. The summed E-state index contributed by atoms with van der Waals surface area (Å²) in [5.41, 5.74) is -1.68. The molecule has 18 nitrogen and oxygen atoms in total. The molecule has 1 aliphatic carbocycles. The normalized spacial score (nSPS) is 15.1. The molecule has 1 aliphatic rings. The van der Waals surface area contributed by atoms with Gasteiger partial charge >= 0.3 is 6.03 Å². The lowest BCUT2D eigenvalue weighted by Gasteiger charge is -2.61. The number of urea groups is 1. The van der Waals surface area contributed by atoms with E-state index < -0.39 is 76.2 Å². The number of ether oxygens (including phenoxy) is 1. The molecule has 0 bridgehead atoms. The fourth-order valence-electron chi connectivity index (χ4n) is 11.9. The van der Waals surface area contributed by atoms with E-state index >= 15 is 9.18 Å². The highest BCUT2D eigenvalue weighted by Gasteiger charge is 2.62. The average Bonchev–Trinajstić information content (AvgIpc) is 1.03. The number of anilines is 1. The summed E-state index contributed by atoms with van der Waals surface area (Å²) >= 11 is 1.47. The highest BCUT2D eigenvalue weighted by Crippen LogP contribution is 2.62. The first-order valence-corrected chi connectivity index (χ1v) is 45.0. The van der Waals surface area contributed by atoms with Crippen molar-refractivity contribution in [2.75, 3.05) is 11.9 Å². The maximum atomic E-state index is 15.4. The van der Waals surface area contributed by atoms with Crippen LogP contribution in [0.15, 0.2) is 54.9 Å². The van der Waals surface area contributed by atoms with Crippen LogP contribution in [0, 0.1) is 56.6 Å². The number of carbonyl (C=O) groups excluding carboxylic acids is 2. The van der Waals surface area contributed by atoms with Crippen LogP contribution in [0.1, 0.15) is 109 Å². The Morgan fingerprint density at radius 1 is 0.578 bits per heavy atom. The summed E-state index contributed by atoms with van der Waals surface area (Å²) in [6.07, 6.45) is 2.89. The van der Waals surface area contributed by atoms with Gasteiger partial charge in [-0.1, -0.05) is 69.2 Å². The second kappa shape index (κ2) is 36.7. The third-order valence-electron chi connectivity index (χ3n) is 16.6. The number of pyridine rings is 2. The monoisotopic (exact) mass is 1420 g/mol. The van der Waals surface area contributed by atoms with Crippen LogP contribution < -0.4 is 20.7 Å². The van der Waals surface area contributed by atoms with Gasteiger partial charge in [-0.25, -0.2) is 9.18 Å². The molecule has 3 heterocycles. The number of amides is 3. The molecule has 3 aromatic heterocycles. The molecule has 30 heteroatoms. The molecular formula is C60H92FN5O13SSi10. The van der Waals surface area contributed by atoms with E-state index in [9.17, 15) is 4.79 Å².